The highest BCUT2D eigenvalue weighted by molar-refractivity contribution is 5.93. The summed E-state index contributed by atoms with van der Waals surface area (Å²) < 4.78 is 10.7. The molecule has 0 aliphatic carbocycles. The lowest BCUT2D eigenvalue weighted by atomic mass is 10.0. The van der Waals surface area contributed by atoms with Crippen LogP contribution in [0.5, 0.6) is 5.75 Å². The largest absolute Gasteiger partial charge is 0.508 e. The lowest BCUT2D eigenvalue weighted by molar-refractivity contribution is -0.159. The Labute approximate surface area is 235 Å². The minimum atomic E-state index is -1.40. The molecule has 0 aliphatic rings. The van der Waals surface area contributed by atoms with Crippen LogP contribution in [-0.4, -0.2) is 57.7 Å². The monoisotopic (exact) mass is 551 g/mol. The minimum Gasteiger partial charge on any atom is -0.508 e. The van der Waals surface area contributed by atoms with Gasteiger partial charge in [-0.15, -0.1) is 0 Å². The number of phenols is 1. The second kappa shape index (κ2) is 13.5. The quantitative estimate of drug-likeness (QED) is 0.247. The summed E-state index contributed by atoms with van der Waals surface area (Å²) in [6.45, 7) is 9.59. The van der Waals surface area contributed by atoms with Crippen molar-refractivity contribution in [2.45, 2.75) is 71.2 Å². The third kappa shape index (κ3) is 10.3. The average Bonchev–Trinajstić information content (AvgIpc) is 2.84. The number of carbonyl (C=O) groups excluding carboxylic acids is 4. The molecule has 0 saturated carbocycles. The van der Waals surface area contributed by atoms with Crippen LogP contribution in [0.2, 0.25) is 0 Å². The predicted octanol–water partition coefficient (Wildman–Crippen LogP) is 3.45. The van der Waals surface area contributed by atoms with Crippen molar-refractivity contribution in [1.29, 1.82) is 0 Å². The molecule has 3 N–H and O–H groups in total. The molecular formula is C30H37N3O7. The average molecular weight is 552 g/mol. The topological polar surface area (TPSA) is 134 Å². The van der Waals surface area contributed by atoms with Gasteiger partial charge in [0, 0.05) is 12.5 Å². The van der Waals surface area contributed by atoms with E-state index in [1.807, 2.05) is 6.07 Å². The molecule has 0 heterocycles. The first-order valence-electron chi connectivity index (χ1n) is 12.7. The molecule has 214 valence electrons. The van der Waals surface area contributed by atoms with Crippen molar-refractivity contribution in [1.82, 2.24) is 15.5 Å². The highest BCUT2D eigenvalue weighted by atomic mass is 16.6. The van der Waals surface area contributed by atoms with Gasteiger partial charge in [-0.05, 0) is 64.8 Å². The third-order valence-corrected chi connectivity index (χ3v) is 5.20. The summed E-state index contributed by atoms with van der Waals surface area (Å²) >= 11 is 0. The number of nitrogens with zero attached hydrogens (tertiary/aromatic N) is 1. The summed E-state index contributed by atoms with van der Waals surface area (Å²) in [5.41, 5.74) is -0.572. The molecule has 0 aliphatic heterocycles. The van der Waals surface area contributed by atoms with E-state index in [0.29, 0.717) is 0 Å². The second-order valence-electron chi connectivity index (χ2n) is 11.0. The maximum atomic E-state index is 13.7. The molecule has 0 bridgehead atoms. The molecule has 10 nitrogen and oxygen atoms in total. The Hall–Kier alpha value is -4.52. The van der Waals surface area contributed by atoms with E-state index in [9.17, 15) is 24.3 Å². The number of esters is 1. The maximum Gasteiger partial charge on any atom is 0.408 e. The number of aromatic hydroxyl groups is 1. The number of alkyl carbamates (subject to hydrolysis) is 1. The molecule has 40 heavy (non-hydrogen) atoms. The van der Waals surface area contributed by atoms with Gasteiger partial charge in [0.2, 0.25) is 5.91 Å². The zero-order valence-electron chi connectivity index (χ0n) is 23.7. The number of nitrogens with one attached hydrogen (secondary N) is 2. The molecule has 2 atom stereocenters. The first kappa shape index (κ1) is 31.7. The van der Waals surface area contributed by atoms with Crippen LogP contribution >= 0.6 is 0 Å². The van der Waals surface area contributed by atoms with Gasteiger partial charge in [-0.25, -0.2) is 9.59 Å². The minimum absolute atomic E-state index is 0.0659. The summed E-state index contributed by atoms with van der Waals surface area (Å²) in [5, 5.41) is 14.8. The van der Waals surface area contributed by atoms with Crippen molar-refractivity contribution >= 4 is 23.9 Å². The highest BCUT2D eigenvalue weighted by Crippen LogP contribution is 2.24. The Morgan fingerprint density at radius 1 is 0.925 bits per heavy atom. The van der Waals surface area contributed by atoms with E-state index in [1.165, 1.54) is 24.3 Å². The smallest absolute Gasteiger partial charge is 0.408 e. The lowest BCUT2D eigenvalue weighted by Gasteiger charge is -2.29. The van der Waals surface area contributed by atoms with Gasteiger partial charge >= 0.3 is 12.1 Å². The Kier molecular flexibility index (Phi) is 10.7. The molecule has 0 fully saturated rings. The van der Waals surface area contributed by atoms with E-state index < -0.39 is 53.7 Å². The number of phenolic OH excluding ortho intramolecular Hbond substituents is 1. The van der Waals surface area contributed by atoms with Crippen LogP contribution in [-0.2, 0) is 30.3 Å². The van der Waals surface area contributed by atoms with Crippen molar-refractivity contribution in [2.75, 3.05) is 6.54 Å². The molecule has 2 rings (SSSR count). The Morgan fingerprint density at radius 3 is 2.02 bits per heavy atom. The van der Waals surface area contributed by atoms with Gasteiger partial charge in [0.1, 0.15) is 35.6 Å². The number of terminal acetylenes is 1. The Bertz CT molecular complexity index is 1220. The van der Waals surface area contributed by atoms with Gasteiger partial charge in [0.05, 0.1) is 0 Å². The summed E-state index contributed by atoms with van der Waals surface area (Å²) in [5.74, 6) is -2.28. The number of rotatable bonds is 9. The number of ether oxygens (including phenoxy) is 2. The molecule has 0 radical (unpaired) electrons. The molecule has 0 spiro atoms. The SMILES string of the molecule is C#CN(C(=O)CNC(=O)OC(C)(C)C)C(C(=O)NC(Cc1ccccc1)C(=O)OC(C)(C)C)c1ccc(O)cc1. The molecule has 2 aromatic rings. The van der Waals surface area contributed by atoms with Gasteiger partial charge in [-0.2, -0.15) is 0 Å². The summed E-state index contributed by atoms with van der Waals surface area (Å²) in [6.07, 6.45) is 4.96. The van der Waals surface area contributed by atoms with Crippen molar-refractivity contribution < 1.29 is 33.8 Å². The number of benzene rings is 2. The molecule has 3 amide bonds. The van der Waals surface area contributed by atoms with E-state index in [2.05, 4.69) is 16.7 Å². The molecule has 0 aromatic heterocycles. The first-order valence-corrected chi connectivity index (χ1v) is 12.7. The fraction of sp³-hybridized carbons (Fsp3) is 0.400. The Balaban J connectivity index is 2.38. The number of hydrogen-bond acceptors (Lipinski definition) is 7. The standard InChI is InChI=1S/C30H37N3O7/c1-8-33(24(35)19-31-28(38)40-30(5,6)7)25(21-14-16-22(34)17-15-21)26(36)32-23(27(37)39-29(2,3)4)18-20-12-10-9-11-13-20/h1,9-17,23,25,34H,18-19H2,2-7H3,(H,31,38)(H,32,36). The van der Waals surface area contributed by atoms with Crippen LogP contribution in [0.15, 0.2) is 54.6 Å². The second-order valence-corrected chi connectivity index (χ2v) is 11.0. The fourth-order valence-electron chi connectivity index (χ4n) is 3.58. The van der Waals surface area contributed by atoms with E-state index in [1.54, 1.807) is 65.8 Å². The fourth-order valence-corrected chi connectivity index (χ4v) is 3.58. The van der Waals surface area contributed by atoms with E-state index in [0.717, 1.165) is 10.5 Å². The first-order chi connectivity index (χ1) is 18.6. The van der Waals surface area contributed by atoms with Crippen molar-refractivity contribution in [3.8, 4) is 18.2 Å². The zero-order valence-corrected chi connectivity index (χ0v) is 23.7. The molecule has 2 aromatic carbocycles. The van der Waals surface area contributed by atoms with Gasteiger partial charge < -0.3 is 25.2 Å². The number of hydrogen-bond donors (Lipinski definition) is 3. The van der Waals surface area contributed by atoms with Crippen molar-refractivity contribution in [2.24, 2.45) is 0 Å². The third-order valence-electron chi connectivity index (χ3n) is 5.20. The molecule has 10 heteroatoms. The van der Waals surface area contributed by atoms with Crippen LogP contribution in [0.25, 0.3) is 0 Å². The van der Waals surface area contributed by atoms with Crippen LogP contribution in [0, 0.1) is 12.5 Å². The summed E-state index contributed by atoms with van der Waals surface area (Å²) in [7, 11) is 0. The van der Waals surface area contributed by atoms with Crippen LogP contribution < -0.4 is 10.6 Å². The van der Waals surface area contributed by atoms with Crippen molar-refractivity contribution in [3.63, 3.8) is 0 Å². The van der Waals surface area contributed by atoms with E-state index in [4.69, 9.17) is 15.9 Å². The van der Waals surface area contributed by atoms with Crippen LogP contribution in [0.3, 0.4) is 0 Å². The molecule has 2 unspecified atom stereocenters. The normalized spacial score (nSPS) is 12.7. The van der Waals surface area contributed by atoms with Gasteiger partial charge in [-0.1, -0.05) is 48.9 Å². The number of carbonyl (C=O) groups is 4. The zero-order chi connectivity index (χ0) is 30.1. The molecular weight excluding hydrogens is 514 g/mol. The highest BCUT2D eigenvalue weighted by Gasteiger charge is 2.35. The van der Waals surface area contributed by atoms with Crippen molar-refractivity contribution in [3.05, 3.63) is 65.7 Å². The predicted molar refractivity (Wildman–Crippen MR) is 149 cm³/mol. The van der Waals surface area contributed by atoms with E-state index in [-0.39, 0.29) is 17.7 Å². The van der Waals surface area contributed by atoms with E-state index >= 15 is 0 Å². The maximum absolute atomic E-state index is 13.7. The molecule has 0 saturated heterocycles. The lowest BCUT2D eigenvalue weighted by Crippen LogP contribution is -2.51. The summed E-state index contributed by atoms with van der Waals surface area (Å²) in [4.78, 5) is 52.9. The number of amides is 3. The van der Waals surface area contributed by atoms with Crippen LogP contribution in [0.4, 0.5) is 4.79 Å². The van der Waals surface area contributed by atoms with Gasteiger partial charge in [0.15, 0.2) is 0 Å². The van der Waals surface area contributed by atoms with Gasteiger partial charge in [0.25, 0.3) is 5.91 Å². The Morgan fingerprint density at radius 2 is 1.50 bits per heavy atom. The van der Waals surface area contributed by atoms with Gasteiger partial charge in [-0.3, -0.25) is 14.5 Å². The van der Waals surface area contributed by atoms with Crippen LogP contribution in [0.1, 0.15) is 58.7 Å². The summed E-state index contributed by atoms with van der Waals surface area (Å²) in [6, 6.07) is 14.3.